The van der Waals surface area contributed by atoms with Gasteiger partial charge in [-0.3, -0.25) is 14.4 Å². The van der Waals surface area contributed by atoms with E-state index in [1.807, 2.05) is 0 Å². The molecule has 2 aromatic carbocycles. The molecule has 3 aliphatic rings. The summed E-state index contributed by atoms with van der Waals surface area (Å²) in [4.78, 5) is 43.1. The smallest absolute Gasteiger partial charge is 0.202 e. The van der Waals surface area contributed by atoms with Gasteiger partial charge in [0, 0.05) is 48.3 Å². The quantitative estimate of drug-likeness (QED) is 0.149. The number of Topliss-reactive ketones (excluding diaryl/α,β-unsaturated/α-hetero) is 1. The van der Waals surface area contributed by atoms with Crippen LogP contribution in [0, 0.1) is 0 Å². The lowest BCUT2D eigenvalue weighted by Gasteiger charge is -2.43. The highest BCUT2D eigenvalue weighted by molar-refractivity contribution is 6.31. The van der Waals surface area contributed by atoms with Gasteiger partial charge in [0.2, 0.25) is 5.78 Å². The molecule has 1 fully saturated rings. The number of hydrogen-bond acceptors (Lipinski definition) is 12. The number of aromatic nitrogens is 1. The number of phenols is 2. The predicted octanol–water partition coefficient (Wildman–Crippen LogP) is 1.48. The zero-order valence-electron chi connectivity index (χ0n) is 23.9. The van der Waals surface area contributed by atoms with Crippen LogP contribution in [0.4, 0.5) is 5.69 Å². The Morgan fingerprint density at radius 2 is 1.89 bits per heavy atom. The SMILES string of the molecule is COc1cccc2c1C(=O)c1c(O)c3c(c(O)c1C2=O)C[C@@](O)(C(=O)CO)C[C@@H]3OC1CC(Nc2cc[nH]c2)C(O)C(C)O1. The van der Waals surface area contributed by atoms with Crippen molar-refractivity contribution in [2.24, 2.45) is 0 Å². The first kappa shape index (κ1) is 29.8. The third-order valence-electron chi connectivity index (χ3n) is 8.71. The van der Waals surface area contributed by atoms with Gasteiger partial charge >= 0.3 is 0 Å². The van der Waals surface area contributed by atoms with Crippen molar-refractivity contribution in [3.05, 3.63) is 70.0 Å². The van der Waals surface area contributed by atoms with Gasteiger partial charge in [0.1, 0.15) is 35.6 Å². The summed E-state index contributed by atoms with van der Waals surface area (Å²) in [5.74, 6) is -3.75. The molecule has 0 saturated carbocycles. The first-order chi connectivity index (χ1) is 21.0. The van der Waals surface area contributed by atoms with Gasteiger partial charge in [-0.05, 0) is 19.1 Å². The van der Waals surface area contributed by atoms with Crippen LogP contribution in [0.5, 0.6) is 17.2 Å². The molecule has 232 valence electrons. The number of aliphatic hydroxyl groups is 3. The van der Waals surface area contributed by atoms with Crippen LogP contribution in [0.15, 0.2) is 36.7 Å². The fourth-order valence-electron chi connectivity index (χ4n) is 6.49. The Kier molecular flexibility index (Phi) is 7.46. The van der Waals surface area contributed by atoms with E-state index in [0.29, 0.717) is 5.69 Å². The molecule has 0 radical (unpaired) electrons. The van der Waals surface area contributed by atoms with Crippen LogP contribution in [0.25, 0.3) is 0 Å². The average Bonchev–Trinajstić information content (AvgIpc) is 3.52. The van der Waals surface area contributed by atoms with Crippen LogP contribution in [0.1, 0.15) is 68.8 Å². The van der Waals surface area contributed by atoms with Gasteiger partial charge in [-0.25, -0.2) is 0 Å². The predicted molar refractivity (Wildman–Crippen MR) is 152 cm³/mol. The topological polar surface area (TPSA) is 208 Å². The van der Waals surface area contributed by atoms with Crippen molar-refractivity contribution in [2.75, 3.05) is 19.0 Å². The molecule has 44 heavy (non-hydrogen) atoms. The number of aliphatic hydroxyl groups excluding tert-OH is 2. The standard InChI is InChI=1S/C31H32N2O11/c1-13-26(36)17(33-14-6-7-32-11-14)8-21(43-13)44-19-10-31(41,20(35)12-34)9-16-23(19)30(40)25-24(28(16)38)27(37)15-4-3-5-18(42-2)22(15)29(25)39/h3-7,11,13,17,19,21,26,32-34,36,38,40-41H,8-10,12H2,1-2H3/t13?,17?,19-,21?,26?,31-/m0/s1. The molecule has 13 heteroatoms. The number of benzene rings is 2. The number of methoxy groups -OCH3 is 1. The molecule has 1 aromatic heterocycles. The summed E-state index contributed by atoms with van der Waals surface area (Å²) >= 11 is 0. The van der Waals surface area contributed by atoms with Crippen molar-refractivity contribution in [1.82, 2.24) is 4.98 Å². The third-order valence-corrected chi connectivity index (χ3v) is 8.71. The Bertz CT molecular complexity index is 1650. The summed E-state index contributed by atoms with van der Waals surface area (Å²) in [6.45, 7) is 0.619. The second-order valence-electron chi connectivity index (χ2n) is 11.3. The first-order valence-corrected chi connectivity index (χ1v) is 14.1. The van der Waals surface area contributed by atoms with Gasteiger partial charge in [-0.1, -0.05) is 12.1 Å². The van der Waals surface area contributed by atoms with E-state index in [4.69, 9.17) is 14.2 Å². The van der Waals surface area contributed by atoms with Gasteiger partial charge in [0.05, 0.1) is 47.7 Å². The van der Waals surface area contributed by atoms with Crippen molar-refractivity contribution in [3.8, 4) is 17.2 Å². The number of ketones is 3. The molecular formula is C31H32N2O11. The number of nitrogens with one attached hydrogen (secondary N) is 2. The second kappa shape index (κ2) is 11.0. The molecule has 1 aliphatic heterocycles. The van der Waals surface area contributed by atoms with E-state index in [1.165, 1.54) is 25.3 Å². The van der Waals surface area contributed by atoms with Crippen molar-refractivity contribution in [3.63, 3.8) is 0 Å². The molecule has 4 unspecified atom stereocenters. The molecule has 2 aliphatic carbocycles. The lowest BCUT2D eigenvalue weighted by Crippen LogP contribution is -2.52. The van der Waals surface area contributed by atoms with Crippen LogP contribution in [-0.4, -0.2) is 91.7 Å². The van der Waals surface area contributed by atoms with Crippen LogP contribution < -0.4 is 10.1 Å². The van der Waals surface area contributed by atoms with E-state index in [1.54, 1.807) is 25.4 Å². The maximum atomic E-state index is 13.8. The molecule has 13 nitrogen and oxygen atoms in total. The van der Waals surface area contributed by atoms with Gasteiger partial charge in [-0.2, -0.15) is 0 Å². The van der Waals surface area contributed by atoms with Crippen molar-refractivity contribution < 1.29 is 54.1 Å². The lowest BCUT2D eigenvalue weighted by atomic mass is 9.72. The van der Waals surface area contributed by atoms with Gasteiger partial charge in [-0.15, -0.1) is 0 Å². The summed E-state index contributed by atoms with van der Waals surface area (Å²) in [5, 5.41) is 58.2. The highest BCUT2D eigenvalue weighted by Crippen LogP contribution is 2.52. The number of fused-ring (bicyclic) bond motifs is 3. The summed E-state index contributed by atoms with van der Waals surface area (Å²) in [5.41, 5.74) is -2.90. The molecule has 2 heterocycles. The third kappa shape index (κ3) is 4.64. The number of aromatic amines is 1. The van der Waals surface area contributed by atoms with Crippen LogP contribution in [0.2, 0.25) is 0 Å². The Balaban J connectivity index is 1.45. The molecule has 6 atom stereocenters. The number of phenolic OH excluding ortho intramolecular Hbond substituents is 2. The van der Waals surface area contributed by atoms with Crippen molar-refractivity contribution in [2.45, 2.75) is 62.4 Å². The van der Waals surface area contributed by atoms with E-state index in [-0.39, 0.29) is 34.4 Å². The zero-order valence-corrected chi connectivity index (χ0v) is 23.9. The molecule has 3 aromatic rings. The molecule has 6 rings (SSSR count). The minimum Gasteiger partial charge on any atom is -0.507 e. The van der Waals surface area contributed by atoms with Crippen LogP contribution >= 0.6 is 0 Å². The molecule has 1 saturated heterocycles. The van der Waals surface area contributed by atoms with E-state index in [0.717, 1.165) is 0 Å². The highest BCUT2D eigenvalue weighted by Gasteiger charge is 2.50. The fourth-order valence-corrected chi connectivity index (χ4v) is 6.49. The van der Waals surface area contributed by atoms with E-state index < -0.39 is 95.7 Å². The van der Waals surface area contributed by atoms with Gasteiger partial charge in [0.15, 0.2) is 17.9 Å². The number of anilines is 1. The Hall–Kier alpha value is -4.27. The van der Waals surface area contributed by atoms with E-state index >= 15 is 0 Å². The Labute approximate surface area is 251 Å². The molecule has 0 amide bonds. The second-order valence-corrected chi connectivity index (χ2v) is 11.3. The average molecular weight is 609 g/mol. The monoisotopic (exact) mass is 608 g/mol. The van der Waals surface area contributed by atoms with Crippen LogP contribution in [0.3, 0.4) is 0 Å². The fraction of sp³-hybridized carbons (Fsp3) is 0.387. The maximum absolute atomic E-state index is 13.8. The van der Waals surface area contributed by atoms with Gasteiger partial charge in [0.25, 0.3) is 0 Å². The molecule has 0 bridgehead atoms. The van der Waals surface area contributed by atoms with E-state index in [9.17, 15) is 39.9 Å². The number of H-pyrrole nitrogens is 1. The van der Waals surface area contributed by atoms with Crippen LogP contribution in [-0.2, 0) is 20.7 Å². The minimum absolute atomic E-state index is 0.0501. The normalized spacial score (nSPS) is 27.7. The summed E-state index contributed by atoms with van der Waals surface area (Å²) in [6, 6.07) is 5.62. The number of ether oxygens (including phenoxy) is 3. The Morgan fingerprint density at radius 1 is 1.14 bits per heavy atom. The Morgan fingerprint density at radius 3 is 2.57 bits per heavy atom. The number of aromatic hydroxyl groups is 2. The molecule has 7 N–H and O–H groups in total. The van der Waals surface area contributed by atoms with Gasteiger partial charge < -0.3 is 50.0 Å². The largest absolute Gasteiger partial charge is 0.507 e. The summed E-state index contributed by atoms with van der Waals surface area (Å²) in [6.07, 6.45) is -1.59. The lowest BCUT2D eigenvalue weighted by molar-refractivity contribution is -0.245. The van der Waals surface area contributed by atoms with Crippen molar-refractivity contribution >= 4 is 23.0 Å². The maximum Gasteiger partial charge on any atom is 0.202 e. The number of carbonyl (C=O) groups is 3. The molecule has 0 spiro atoms. The molecular weight excluding hydrogens is 576 g/mol. The number of hydrogen-bond donors (Lipinski definition) is 7. The summed E-state index contributed by atoms with van der Waals surface area (Å²) in [7, 11) is 1.33. The minimum atomic E-state index is -2.25. The highest BCUT2D eigenvalue weighted by atomic mass is 16.7. The van der Waals surface area contributed by atoms with E-state index in [2.05, 4.69) is 10.3 Å². The number of rotatable bonds is 7. The summed E-state index contributed by atoms with van der Waals surface area (Å²) < 4.78 is 17.5. The first-order valence-electron chi connectivity index (χ1n) is 14.1. The van der Waals surface area contributed by atoms with Crippen molar-refractivity contribution in [1.29, 1.82) is 0 Å². The number of carbonyl (C=O) groups excluding carboxylic acids is 3. The zero-order chi connectivity index (χ0) is 31.5.